The van der Waals surface area contributed by atoms with Crippen LogP contribution >= 0.6 is 0 Å². The highest BCUT2D eigenvalue weighted by atomic mass is 16.2. The fraction of sp³-hybridized carbons (Fsp3) is 0.238. The quantitative estimate of drug-likeness (QED) is 0.453. The summed E-state index contributed by atoms with van der Waals surface area (Å²) in [6, 6.07) is 18.1. The first-order valence-corrected chi connectivity index (χ1v) is 8.89. The van der Waals surface area contributed by atoms with Crippen LogP contribution in [-0.2, 0) is 22.4 Å². The van der Waals surface area contributed by atoms with E-state index in [2.05, 4.69) is 27.8 Å². The Morgan fingerprint density at radius 1 is 0.808 bits per heavy atom. The van der Waals surface area contributed by atoms with E-state index in [-0.39, 0.29) is 0 Å². The number of aryl methyl sites for hydroxylation is 1. The van der Waals surface area contributed by atoms with Gasteiger partial charge in [0.05, 0.1) is 0 Å². The SMILES string of the molecule is O=C(NCCCc1ccccc1)C(=O)NCCc1c[nH]c2ccccc12. The summed E-state index contributed by atoms with van der Waals surface area (Å²) in [5, 5.41) is 6.49. The summed E-state index contributed by atoms with van der Waals surface area (Å²) in [7, 11) is 0. The monoisotopic (exact) mass is 349 g/mol. The van der Waals surface area contributed by atoms with Gasteiger partial charge in [0.2, 0.25) is 0 Å². The Labute approximate surface area is 152 Å². The van der Waals surface area contributed by atoms with Gasteiger partial charge in [0.15, 0.2) is 0 Å². The molecule has 1 aromatic heterocycles. The van der Waals surface area contributed by atoms with E-state index in [0.29, 0.717) is 19.5 Å². The first-order valence-electron chi connectivity index (χ1n) is 8.89. The van der Waals surface area contributed by atoms with Crippen molar-refractivity contribution < 1.29 is 9.59 Å². The van der Waals surface area contributed by atoms with Crippen molar-refractivity contribution in [1.29, 1.82) is 0 Å². The van der Waals surface area contributed by atoms with Gasteiger partial charge in [-0.1, -0.05) is 48.5 Å². The number of H-pyrrole nitrogens is 1. The van der Waals surface area contributed by atoms with Crippen molar-refractivity contribution in [3.05, 3.63) is 71.9 Å². The second-order valence-electron chi connectivity index (χ2n) is 6.21. The minimum Gasteiger partial charge on any atom is -0.361 e. The molecule has 26 heavy (non-hydrogen) atoms. The van der Waals surface area contributed by atoms with Crippen molar-refractivity contribution >= 4 is 22.7 Å². The molecule has 0 fully saturated rings. The van der Waals surface area contributed by atoms with Crippen molar-refractivity contribution in [3.63, 3.8) is 0 Å². The van der Waals surface area contributed by atoms with Crippen LogP contribution in [0, 0.1) is 0 Å². The lowest BCUT2D eigenvalue weighted by molar-refractivity contribution is -0.139. The maximum Gasteiger partial charge on any atom is 0.309 e. The maximum absolute atomic E-state index is 11.9. The summed E-state index contributed by atoms with van der Waals surface area (Å²) in [6.45, 7) is 0.918. The number of fused-ring (bicyclic) bond motifs is 1. The summed E-state index contributed by atoms with van der Waals surface area (Å²) in [4.78, 5) is 26.9. The van der Waals surface area contributed by atoms with E-state index >= 15 is 0 Å². The number of para-hydroxylation sites is 1. The molecule has 134 valence electrons. The molecule has 0 spiro atoms. The second-order valence-corrected chi connectivity index (χ2v) is 6.21. The fourth-order valence-corrected chi connectivity index (χ4v) is 2.95. The number of aromatic amines is 1. The molecule has 0 saturated heterocycles. The van der Waals surface area contributed by atoms with Gasteiger partial charge in [-0.2, -0.15) is 0 Å². The zero-order valence-electron chi connectivity index (χ0n) is 14.6. The van der Waals surface area contributed by atoms with Gasteiger partial charge in [-0.15, -0.1) is 0 Å². The Balaban J connectivity index is 1.36. The number of hydrogen-bond acceptors (Lipinski definition) is 2. The number of amides is 2. The van der Waals surface area contributed by atoms with E-state index in [4.69, 9.17) is 0 Å². The van der Waals surface area contributed by atoms with Crippen LogP contribution in [0.1, 0.15) is 17.5 Å². The van der Waals surface area contributed by atoms with Crippen LogP contribution in [0.5, 0.6) is 0 Å². The Kier molecular flexibility index (Phi) is 6.04. The van der Waals surface area contributed by atoms with Gasteiger partial charge < -0.3 is 15.6 Å². The lowest BCUT2D eigenvalue weighted by Crippen LogP contribution is -2.41. The number of carbonyl (C=O) groups excluding carboxylic acids is 2. The van der Waals surface area contributed by atoms with E-state index in [0.717, 1.165) is 29.3 Å². The molecule has 5 nitrogen and oxygen atoms in total. The third kappa shape index (κ3) is 4.72. The fourth-order valence-electron chi connectivity index (χ4n) is 2.95. The highest BCUT2D eigenvalue weighted by Crippen LogP contribution is 2.17. The number of hydrogen-bond donors (Lipinski definition) is 3. The van der Waals surface area contributed by atoms with Crippen molar-refractivity contribution in [2.45, 2.75) is 19.3 Å². The topological polar surface area (TPSA) is 74.0 Å². The van der Waals surface area contributed by atoms with E-state index in [1.807, 2.05) is 48.7 Å². The predicted octanol–water partition coefficient (Wildman–Crippen LogP) is 2.58. The number of aromatic nitrogens is 1. The van der Waals surface area contributed by atoms with Crippen LogP contribution in [0.2, 0.25) is 0 Å². The number of rotatable bonds is 7. The molecule has 0 aliphatic rings. The average Bonchev–Trinajstić information content (AvgIpc) is 3.09. The Hall–Kier alpha value is -3.08. The first kappa shape index (κ1) is 17.7. The van der Waals surface area contributed by atoms with Gasteiger partial charge >= 0.3 is 11.8 Å². The highest BCUT2D eigenvalue weighted by molar-refractivity contribution is 6.35. The zero-order valence-corrected chi connectivity index (χ0v) is 14.6. The molecule has 0 atom stereocenters. The van der Waals surface area contributed by atoms with Gasteiger partial charge in [0.1, 0.15) is 0 Å². The lowest BCUT2D eigenvalue weighted by Gasteiger charge is -2.06. The molecular formula is C21H23N3O2. The van der Waals surface area contributed by atoms with Crippen LogP contribution in [0.4, 0.5) is 0 Å². The molecule has 0 unspecified atom stereocenters. The van der Waals surface area contributed by atoms with Crippen LogP contribution in [0.25, 0.3) is 10.9 Å². The van der Waals surface area contributed by atoms with Crippen LogP contribution in [0.15, 0.2) is 60.8 Å². The number of carbonyl (C=O) groups is 2. The lowest BCUT2D eigenvalue weighted by atomic mass is 10.1. The minimum atomic E-state index is -0.579. The molecular weight excluding hydrogens is 326 g/mol. The number of nitrogens with one attached hydrogen (secondary N) is 3. The Morgan fingerprint density at radius 3 is 2.31 bits per heavy atom. The number of benzene rings is 2. The molecule has 1 heterocycles. The third-order valence-electron chi connectivity index (χ3n) is 4.33. The van der Waals surface area contributed by atoms with E-state index < -0.39 is 11.8 Å². The molecule has 0 saturated carbocycles. The van der Waals surface area contributed by atoms with Crippen molar-refractivity contribution in [2.75, 3.05) is 13.1 Å². The van der Waals surface area contributed by atoms with E-state index in [1.165, 1.54) is 5.56 Å². The van der Waals surface area contributed by atoms with Gasteiger partial charge in [-0.25, -0.2) is 0 Å². The van der Waals surface area contributed by atoms with Gasteiger partial charge in [-0.05, 0) is 36.5 Å². The summed E-state index contributed by atoms with van der Waals surface area (Å²) >= 11 is 0. The van der Waals surface area contributed by atoms with Crippen LogP contribution < -0.4 is 10.6 Å². The molecule has 5 heteroatoms. The third-order valence-corrected chi connectivity index (χ3v) is 4.33. The molecule has 0 aliphatic carbocycles. The minimum absolute atomic E-state index is 0.429. The van der Waals surface area contributed by atoms with Crippen LogP contribution in [0.3, 0.4) is 0 Å². The normalized spacial score (nSPS) is 10.6. The summed E-state index contributed by atoms with van der Waals surface area (Å²) < 4.78 is 0. The molecule has 2 aromatic carbocycles. The Morgan fingerprint density at radius 2 is 1.50 bits per heavy atom. The van der Waals surface area contributed by atoms with E-state index in [9.17, 15) is 9.59 Å². The molecule has 2 amide bonds. The van der Waals surface area contributed by atoms with Crippen molar-refractivity contribution in [1.82, 2.24) is 15.6 Å². The summed E-state index contributed by atoms with van der Waals surface area (Å²) in [5.74, 6) is -1.15. The molecule has 3 N–H and O–H groups in total. The van der Waals surface area contributed by atoms with Crippen LogP contribution in [-0.4, -0.2) is 29.9 Å². The molecule has 3 aromatic rings. The summed E-state index contributed by atoms with van der Waals surface area (Å²) in [5.41, 5.74) is 3.43. The van der Waals surface area contributed by atoms with E-state index in [1.54, 1.807) is 0 Å². The first-order chi connectivity index (χ1) is 12.7. The van der Waals surface area contributed by atoms with Crippen molar-refractivity contribution in [3.8, 4) is 0 Å². The maximum atomic E-state index is 11.9. The summed E-state index contributed by atoms with van der Waals surface area (Å²) in [6.07, 6.45) is 4.30. The molecule has 0 aliphatic heterocycles. The predicted molar refractivity (Wildman–Crippen MR) is 103 cm³/mol. The molecule has 0 radical (unpaired) electrons. The smallest absolute Gasteiger partial charge is 0.309 e. The van der Waals surface area contributed by atoms with Gasteiger partial charge in [-0.3, -0.25) is 9.59 Å². The second kappa shape index (κ2) is 8.85. The van der Waals surface area contributed by atoms with Gasteiger partial charge in [0.25, 0.3) is 0 Å². The zero-order chi connectivity index (χ0) is 18.2. The van der Waals surface area contributed by atoms with Crippen molar-refractivity contribution in [2.24, 2.45) is 0 Å². The standard InChI is InChI=1S/C21H23N3O2/c25-20(22-13-6-9-16-7-2-1-3-8-16)21(26)23-14-12-17-15-24-19-11-5-4-10-18(17)19/h1-5,7-8,10-11,15,24H,6,9,12-14H2,(H,22,25)(H,23,26). The highest BCUT2D eigenvalue weighted by Gasteiger charge is 2.12. The molecule has 0 bridgehead atoms. The molecule has 3 rings (SSSR count). The average molecular weight is 349 g/mol. The Bertz CT molecular complexity index is 871. The largest absolute Gasteiger partial charge is 0.361 e. The van der Waals surface area contributed by atoms with Gasteiger partial charge in [0, 0.05) is 30.2 Å².